The van der Waals surface area contributed by atoms with Crippen molar-refractivity contribution in [2.75, 3.05) is 31.6 Å². The van der Waals surface area contributed by atoms with Gasteiger partial charge in [-0.05, 0) is 59.5 Å². The predicted octanol–water partition coefficient (Wildman–Crippen LogP) is 5.24. The van der Waals surface area contributed by atoms with Crippen molar-refractivity contribution < 1.29 is 37.0 Å². The number of pyridine rings is 1. The molecule has 4 aromatic rings. The van der Waals surface area contributed by atoms with Crippen LogP contribution in [0.1, 0.15) is 28.4 Å². The minimum Gasteiger partial charge on any atom is -0.475 e. The number of hydrogen-bond acceptors (Lipinski definition) is 6. The lowest BCUT2D eigenvalue weighted by molar-refractivity contribution is -0.192. The molecule has 13 heteroatoms. The number of hydrogen-bond donors (Lipinski definition) is 4. The Morgan fingerprint density at radius 1 is 1.14 bits per heavy atom. The lowest BCUT2D eigenvalue weighted by Gasteiger charge is -2.28. The van der Waals surface area contributed by atoms with E-state index >= 15 is 0 Å². The third kappa shape index (κ3) is 7.22. The number of primary amides is 1. The van der Waals surface area contributed by atoms with E-state index < -0.39 is 18.1 Å². The maximum Gasteiger partial charge on any atom is 0.490 e. The molecule has 0 unspecified atom stereocenters. The quantitative estimate of drug-likeness (QED) is 0.217. The van der Waals surface area contributed by atoms with Gasteiger partial charge in [-0.2, -0.15) is 13.2 Å². The van der Waals surface area contributed by atoms with Crippen molar-refractivity contribution >= 4 is 34.3 Å². The van der Waals surface area contributed by atoms with E-state index in [0.29, 0.717) is 16.9 Å². The molecule has 0 bridgehead atoms. The number of nitrogens with two attached hydrogens (primary N) is 1. The van der Waals surface area contributed by atoms with Crippen LogP contribution >= 0.6 is 0 Å². The normalized spacial score (nSPS) is 13.8. The number of anilines is 2. The van der Waals surface area contributed by atoms with Crippen LogP contribution in [0.4, 0.5) is 28.9 Å². The average Bonchev–Trinajstić information content (AvgIpc) is 3.39. The number of carbonyl (C=O) groups is 2. The SMILES string of the molecule is CCc1c(CN2CCOCC2)cccc1Nc1c(C(N)=O)cnc2[nH]c(-c3ccc(F)cc3)cc12.O=C(O)C(F)(F)F. The number of aromatic amines is 1. The maximum absolute atomic E-state index is 13.4. The molecule has 0 radical (unpaired) electrons. The molecule has 0 atom stereocenters. The summed E-state index contributed by atoms with van der Waals surface area (Å²) in [6, 6.07) is 14.3. The number of amides is 1. The second-order valence-electron chi connectivity index (χ2n) is 9.48. The number of ether oxygens (including phenoxy) is 1. The van der Waals surface area contributed by atoms with E-state index in [2.05, 4.69) is 33.2 Å². The first-order valence-electron chi connectivity index (χ1n) is 13.0. The van der Waals surface area contributed by atoms with Crippen LogP contribution in [-0.2, 0) is 22.5 Å². The number of benzene rings is 2. The summed E-state index contributed by atoms with van der Waals surface area (Å²) in [4.78, 5) is 31.3. The van der Waals surface area contributed by atoms with Crippen LogP contribution < -0.4 is 11.1 Å². The minimum absolute atomic E-state index is 0.301. The number of aromatic nitrogens is 2. The maximum atomic E-state index is 13.4. The Balaban J connectivity index is 0.000000517. The van der Waals surface area contributed by atoms with Gasteiger partial charge in [-0.25, -0.2) is 14.2 Å². The first-order valence-corrected chi connectivity index (χ1v) is 13.0. The van der Waals surface area contributed by atoms with Gasteiger partial charge in [0.25, 0.3) is 5.91 Å². The molecule has 1 saturated heterocycles. The Morgan fingerprint density at radius 2 is 1.81 bits per heavy atom. The Kier molecular flexibility index (Phi) is 9.43. The first-order chi connectivity index (χ1) is 20.0. The number of morpholine rings is 1. The molecule has 1 fully saturated rings. The molecule has 5 N–H and O–H groups in total. The zero-order valence-corrected chi connectivity index (χ0v) is 22.6. The molecule has 5 rings (SSSR count). The van der Waals surface area contributed by atoms with Gasteiger partial charge in [0.2, 0.25) is 0 Å². The highest BCUT2D eigenvalue weighted by Crippen LogP contribution is 2.34. The molecular weight excluding hydrogens is 558 g/mol. The average molecular weight is 588 g/mol. The molecule has 0 saturated carbocycles. The molecule has 1 amide bonds. The Morgan fingerprint density at radius 3 is 2.40 bits per heavy atom. The molecule has 1 aliphatic heterocycles. The molecule has 2 aromatic heterocycles. The van der Waals surface area contributed by atoms with Gasteiger partial charge < -0.3 is 25.9 Å². The number of nitrogens with zero attached hydrogens (tertiary/aromatic N) is 2. The fourth-order valence-corrected chi connectivity index (χ4v) is 4.63. The van der Waals surface area contributed by atoms with Crippen molar-refractivity contribution in [1.29, 1.82) is 0 Å². The second kappa shape index (κ2) is 13.0. The number of halogens is 4. The standard InChI is InChI=1S/C27H28FN5O2.C2HF3O2/c1-2-20-18(16-33-10-12-35-13-11-33)4-3-5-23(20)31-25-21-14-24(17-6-8-19(28)9-7-17)32-27(21)30-15-22(25)26(29)34;3-2(4,5)1(6)7/h3-9,14-15H,2,10-13,16H2,1H3,(H2,29,34)(H2,30,31,32);(H,6,7). The van der Waals surface area contributed by atoms with E-state index in [4.69, 9.17) is 20.4 Å². The van der Waals surface area contributed by atoms with E-state index in [9.17, 15) is 22.4 Å². The fraction of sp³-hybridized carbons (Fsp3) is 0.276. The number of carbonyl (C=O) groups excluding carboxylic acids is 1. The van der Waals surface area contributed by atoms with Crippen LogP contribution in [0, 0.1) is 5.82 Å². The molecule has 1 aliphatic rings. The lowest BCUT2D eigenvalue weighted by Crippen LogP contribution is -2.35. The van der Waals surface area contributed by atoms with Gasteiger partial charge in [-0.15, -0.1) is 0 Å². The van der Waals surface area contributed by atoms with E-state index in [1.807, 2.05) is 18.2 Å². The van der Waals surface area contributed by atoms with Crippen LogP contribution in [-0.4, -0.2) is 64.3 Å². The second-order valence-corrected chi connectivity index (χ2v) is 9.48. The fourth-order valence-electron chi connectivity index (χ4n) is 4.63. The predicted molar refractivity (Wildman–Crippen MR) is 149 cm³/mol. The van der Waals surface area contributed by atoms with Gasteiger partial charge in [0.15, 0.2) is 0 Å². The summed E-state index contributed by atoms with van der Waals surface area (Å²) in [6.45, 7) is 6.29. The molecule has 42 heavy (non-hydrogen) atoms. The van der Waals surface area contributed by atoms with Crippen LogP contribution in [0.3, 0.4) is 0 Å². The molecule has 0 spiro atoms. The molecular formula is C29H29F4N5O4. The van der Waals surface area contributed by atoms with Crippen molar-refractivity contribution in [1.82, 2.24) is 14.9 Å². The van der Waals surface area contributed by atoms with E-state index in [1.165, 1.54) is 29.5 Å². The van der Waals surface area contributed by atoms with Gasteiger partial charge in [0, 0.05) is 42.6 Å². The summed E-state index contributed by atoms with van der Waals surface area (Å²) in [5.74, 6) is -3.62. The molecule has 2 aromatic carbocycles. The number of rotatable bonds is 7. The minimum atomic E-state index is -5.08. The molecule has 222 valence electrons. The van der Waals surface area contributed by atoms with Crippen molar-refractivity contribution in [3.05, 3.63) is 77.2 Å². The molecule has 9 nitrogen and oxygen atoms in total. The van der Waals surface area contributed by atoms with Crippen molar-refractivity contribution in [2.24, 2.45) is 5.73 Å². The highest BCUT2D eigenvalue weighted by molar-refractivity contribution is 6.08. The van der Waals surface area contributed by atoms with Crippen molar-refractivity contribution in [3.63, 3.8) is 0 Å². The van der Waals surface area contributed by atoms with Crippen molar-refractivity contribution in [2.45, 2.75) is 26.1 Å². The van der Waals surface area contributed by atoms with Crippen LogP contribution in [0.15, 0.2) is 54.7 Å². The zero-order valence-electron chi connectivity index (χ0n) is 22.6. The van der Waals surface area contributed by atoms with Gasteiger partial charge >= 0.3 is 12.1 Å². The Hall–Kier alpha value is -4.49. The van der Waals surface area contributed by atoms with Gasteiger partial charge in [-0.1, -0.05) is 19.1 Å². The van der Waals surface area contributed by atoms with Crippen LogP contribution in [0.5, 0.6) is 0 Å². The summed E-state index contributed by atoms with van der Waals surface area (Å²) < 4.78 is 50.6. The number of carboxylic acid groups (broad SMARTS) is 1. The monoisotopic (exact) mass is 587 g/mol. The highest BCUT2D eigenvalue weighted by Gasteiger charge is 2.38. The number of H-pyrrole nitrogens is 1. The Bertz CT molecular complexity index is 1570. The smallest absolute Gasteiger partial charge is 0.475 e. The number of aliphatic carboxylic acids is 1. The largest absolute Gasteiger partial charge is 0.490 e. The summed E-state index contributed by atoms with van der Waals surface area (Å²) in [7, 11) is 0. The van der Waals surface area contributed by atoms with Gasteiger partial charge in [0.1, 0.15) is 11.5 Å². The van der Waals surface area contributed by atoms with Crippen LogP contribution in [0.2, 0.25) is 0 Å². The van der Waals surface area contributed by atoms with E-state index in [-0.39, 0.29) is 5.82 Å². The van der Waals surface area contributed by atoms with E-state index in [1.54, 1.807) is 12.1 Å². The van der Waals surface area contributed by atoms with Gasteiger partial charge in [0.05, 0.1) is 24.5 Å². The molecule has 0 aliphatic carbocycles. The highest BCUT2D eigenvalue weighted by atomic mass is 19.4. The number of fused-ring (bicyclic) bond motifs is 1. The Labute approximate surface area is 238 Å². The summed E-state index contributed by atoms with van der Waals surface area (Å²) >= 11 is 0. The summed E-state index contributed by atoms with van der Waals surface area (Å²) in [6.07, 6.45) is -2.77. The molecule has 3 heterocycles. The zero-order chi connectivity index (χ0) is 30.4. The number of nitrogens with one attached hydrogen (secondary N) is 2. The number of alkyl halides is 3. The third-order valence-corrected chi connectivity index (χ3v) is 6.71. The first kappa shape index (κ1) is 30.5. The van der Waals surface area contributed by atoms with Crippen LogP contribution in [0.25, 0.3) is 22.3 Å². The van der Waals surface area contributed by atoms with Crippen molar-refractivity contribution in [3.8, 4) is 11.3 Å². The van der Waals surface area contributed by atoms with E-state index in [0.717, 1.165) is 61.6 Å². The lowest BCUT2D eigenvalue weighted by atomic mass is 10.0. The summed E-state index contributed by atoms with van der Waals surface area (Å²) in [5, 5.41) is 11.4. The number of carboxylic acids is 1. The van der Waals surface area contributed by atoms with Gasteiger partial charge in [-0.3, -0.25) is 9.69 Å². The summed E-state index contributed by atoms with van der Waals surface area (Å²) in [5.41, 5.74) is 12.2. The third-order valence-electron chi connectivity index (χ3n) is 6.71. The topological polar surface area (TPSA) is 134 Å².